The van der Waals surface area contributed by atoms with Crippen molar-refractivity contribution in [1.29, 1.82) is 0 Å². The highest BCUT2D eigenvalue weighted by molar-refractivity contribution is 7.92. The molecule has 0 aliphatic carbocycles. The number of rotatable bonds is 5. The highest BCUT2D eigenvalue weighted by Gasteiger charge is 2.29. The van der Waals surface area contributed by atoms with E-state index in [9.17, 15) is 18.3 Å². The smallest absolute Gasteiger partial charge is 0.313 e. The van der Waals surface area contributed by atoms with Crippen molar-refractivity contribution in [3.8, 4) is 0 Å². The average Bonchev–Trinajstić information content (AvgIpc) is 2.47. The summed E-state index contributed by atoms with van der Waals surface area (Å²) in [5.41, 5.74) is 0.805. The largest absolute Gasteiger partial charge is 0.481 e. The molecule has 0 amide bonds. The van der Waals surface area contributed by atoms with Crippen LogP contribution >= 0.6 is 0 Å². The molecule has 0 aliphatic heterocycles. The number of carbonyl (C=O) groups is 1. The Labute approximate surface area is 136 Å². The highest BCUT2D eigenvalue weighted by atomic mass is 32.2. The van der Waals surface area contributed by atoms with Crippen molar-refractivity contribution < 1.29 is 18.3 Å². The minimum atomic E-state index is -3.67. The first-order valence-corrected chi connectivity index (χ1v) is 8.55. The van der Waals surface area contributed by atoms with E-state index in [1.54, 1.807) is 50.2 Å². The number of carboxylic acids is 1. The molecule has 0 radical (unpaired) electrons. The summed E-state index contributed by atoms with van der Waals surface area (Å²) in [6.45, 7) is 5.02. The molecule has 0 aromatic heterocycles. The Balaban J connectivity index is 2.26. The van der Waals surface area contributed by atoms with Gasteiger partial charge in [-0.05, 0) is 56.2 Å². The molecule has 0 saturated carbocycles. The molecule has 0 bridgehead atoms. The standard InChI is InChI=1S/C17H19NO4S/c1-12-5-4-6-15(11-12)23(21,22)18-14-9-7-13(8-10-14)17(2,3)16(19)20/h4-11,18H,1-3H3,(H,19,20). The molecule has 0 heterocycles. The van der Waals surface area contributed by atoms with Crippen molar-refractivity contribution in [2.75, 3.05) is 4.72 Å². The Morgan fingerprint density at radius 3 is 2.22 bits per heavy atom. The van der Waals surface area contributed by atoms with Crippen molar-refractivity contribution >= 4 is 21.7 Å². The number of hydrogen-bond acceptors (Lipinski definition) is 3. The van der Waals surface area contributed by atoms with Crippen molar-refractivity contribution in [3.05, 3.63) is 59.7 Å². The number of benzene rings is 2. The van der Waals surface area contributed by atoms with E-state index in [0.717, 1.165) is 5.56 Å². The Morgan fingerprint density at radius 1 is 1.09 bits per heavy atom. The molecular weight excluding hydrogens is 314 g/mol. The molecule has 5 nitrogen and oxygen atoms in total. The second-order valence-corrected chi connectivity index (χ2v) is 7.61. The summed E-state index contributed by atoms with van der Waals surface area (Å²) in [6.07, 6.45) is 0. The van der Waals surface area contributed by atoms with E-state index in [1.165, 1.54) is 6.07 Å². The maximum absolute atomic E-state index is 12.3. The fourth-order valence-electron chi connectivity index (χ4n) is 2.07. The molecular formula is C17H19NO4S. The van der Waals surface area contributed by atoms with Crippen LogP contribution in [0.5, 0.6) is 0 Å². The molecule has 2 rings (SSSR count). The maximum atomic E-state index is 12.3. The van der Waals surface area contributed by atoms with Gasteiger partial charge in [0.2, 0.25) is 0 Å². The lowest BCUT2D eigenvalue weighted by atomic mass is 9.85. The fraction of sp³-hybridized carbons (Fsp3) is 0.235. The van der Waals surface area contributed by atoms with Crippen molar-refractivity contribution in [2.24, 2.45) is 0 Å². The SMILES string of the molecule is Cc1cccc(S(=O)(=O)Nc2ccc(C(C)(C)C(=O)O)cc2)c1. The Bertz CT molecular complexity index is 824. The Hall–Kier alpha value is -2.34. The van der Waals surface area contributed by atoms with E-state index in [2.05, 4.69) is 4.72 Å². The van der Waals surface area contributed by atoms with Gasteiger partial charge in [-0.2, -0.15) is 0 Å². The minimum absolute atomic E-state index is 0.187. The molecule has 0 fully saturated rings. The first kappa shape index (κ1) is 17.0. The quantitative estimate of drug-likeness (QED) is 0.880. The van der Waals surface area contributed by atoms with Gasteiger partial charge in [0.25, 0.3) is 10.0 Å². The van der Waals surface area contributed by atoms with Crippen LogP contribution in [0, 0.1) is 6.92 Å². The van der Waals surface area contributed by atoms with Crippen LogP contribution in [-0.2, 0) is 20.2 Å². The summed E-state index contributed by atoms with van der Waals surface area (Å²) < 4.78 is 27.2. The number of anilines is 1. The molecule has 0 atom stereocenters. The van der Waals surface area contributed by atoms with Crippen LogP contribution < -0.4 is 4.72 Å². The molecule has 0 unspecified atom stereocenters. The zero-order valence-corrected chi connectivity index (χ0v) is 14.0. The zero-order valence-electron chi connectivity index (χ0n) is 13.2. The second-order valence-electron chi connectivity index (χ2n) is 5.93. The summed E-state index contributed by atoms with van der Waals surface area (Å²) in [5.74, 6) is -0.939. The summed E-state index contributed by atoms with van der Waals surface area (Å²) >= 11 is 0. The van der Waals surface area contributed by atoms with Crippen LogP contribution in [-0.4, -0.2) is 19.5 Å². The number of sulfonamides is 1. The zero-order chi connectivity index (χ0) is 17.3. The normalized spacial score (nSPS) is 12.0. The van der Waals surface area contributed by atoms with E-state index in [4.69, 9.17) is 0 Å². The highest BCUT2D eigenvalue weighted by Crippen LogP contribution is 2.25. The number of nitrogens with one attached hydrogen (secondary N) is 1. The third-order valence-corrected chi connectivity index (χ3v) is 5.07. The van der Waals surface area contributed by atoms with E-state index in [1.807, 2.05) is 13.0 Å². The van der Waals surface area contributed by atoms with Crippen molar-refractivity contribution in [3.63, 3.8) is 0 Å². The van der Waals surface area contributed by atoms with Crippen molar-refractivity contribution in [1.82, 2.24) is 0 Å². The van der Waals surface area contributed by atoms with Gasteiger partial charge in [0, 0.05) is 5.69 Å². The molecule has 2 aromatic carbocycles. The number of hydrogen-bond donors (Lipinski definition) is 2. The van der Waals surface area contributed by atoms with Gasteiger partial charge >= 0.3 is 5.97 Å². The topological polar surface area (TPSA) is 83.5 Å². The first-order chi connectivity index (χ1) is 10.6. The second kappa shape index (κ2) is 6.04. The van der Waals surface area contributed by atoms with Crippen molar-refractivity contribution in [2.45, 2.75) is 31.1 Å². The fourth-order valence-corrected chi connectivity index (χ4v) is 3.24. The maximum Gasteiger partial charge on any atom is 0.313 e. The number of carboxylic acid groups (broad SMARTS) is 1. The third-order valence-electron chi connectivity index (χ3n) is 3.69. The van der Waals surface area contributed by atoms with Crippen LogP contribution in [0.3, 0.4) is 0 Å². The molecule has 2 aromatic rings. The predicted molar refractivity (Wildman–Crippen MR) is 89.1 cm³/mol. The summed E-state index contributed by atoms with van der Waals surface area (Å²) in [4.78, 5) is 11.4. The first-order valence-electron chi connectivity index (χ1n) is 7.06. The molecule has 122 valence electrons. The molecule has 2 N–H and O–H groups in total. The predicted octanol–water partition coefficient (Wildman–Crippen LogP) is 3.16. The van der Waals surface area contributed by atoms with E-state index < -0.39 is 21.4 Å². The van der Waals surface area contributed by atoms with Crippen LogP contribution in [0.2, 0.25) is 0 Å². The van der Waals surface area contributed by atoms with Gasteiger partial charge in [-0.1, -0.05) is 24.3 Å². The Kier molecular flexibility index (Phi) is 4.47. The Morgan fingerprint density at radius 2 is 1.70 bits per heavy atom. The van der Waals surface area contributed by atoms with Gasteiger partial charge < -0.3 is 5.11 Å². The van der Waals surface area contributed by atoms with Crippen LogP contribution in [0.15, 0.2) is 53.4 Å². The van der Waals surface area contributed by atoms with Crippen LogP contribution in [0.4, 0.5) is 5.69 Å². The lowest BCUT2D eigenvalue weighted by Gasteiger charge is -2.20. The van der Waals surface area contributed by atoms with Gasteiger partial charge in [-0.15, -0.1) is 0 Å². The molecule has 6 heteroatoms. The van der Waals surface area contributed by atoms with E-state index in [-0.39, 0.29) is 4.90 Å². The van der Waals surface area contributed by atoms with Gasteiger partial charge in [-0.3, -0.25) is 9.52 Å². The molecule has 0 aliphatic rings. The van der Waals surface area contributed by atoms with E-state index >= 15 is 0 Å². The summed E-state index contributed by atoms with van der Waals surface area (Å²) in [7, 11) is -3.67. The third kappa shape index (κ3) is 3.71. The van der Waals surface area contributed by atoms with E-state index in [0.29, 0.717) is 11.3 Å². The van der Waals surface area contributed by atoms with Gasteiger partial charge in [-0.25, -0.2) is 8.42 Å². The lowest BCUT2D eigenvalue weighted by Crippen LogP contribution is -2.28. The number of aliphatic carboxylic acids is 1. The van der Waals surface area contributed by atoms with Crippen LogP contribution in [0.1, 0.15) is 25.0 Å². The monoisotopic (exact) mass is 333 g/mol. The lowest BCUT2D eigenvalue weighted by molar-refractivity contribution is -0.142. The van der Waals surface area contributed by atoms with Gasteiger partial charge in [0.05, 0.1) is 10.3 Å². The molecule has 0 spiro atoms. The molecule has 23 heavy (non-hydrogen) atoms. The summed E-state index contributed by atoms with van der Waals surface area (Å²) in [6, 6.07) is 13.0. The van der Waals surface area contributed by atoms with Crippen LogP contribution in [0.25, 0.3) is 0 Å². The van der Waals surface area contributed by atoms with Gasteiger partial charge in [0.1, 0.15) is 0 Å². The minimum Gasteiger partial charge on any atom is -0.481 e. The van der Waals surface area contributed by atoms with Gasteiger partial charge in [0.15, 0.2) is 0 Å². The number of aryl methyl sites for hydroxylation is 1. The molecule has 0 saturated heterocycles. The average molecular weight is 333 g/mol. The summed E-state index contributed by atoms with van der Waals surface area (Å²) in [5, 5.41) is 9.21.